The molecule has 0 saturated carbocycles. The fraction of sp³-hybridized carbons (Fsp3) is 1.00. The Hall–Kier alpha value is 1.27. The summed E-state index contributed by atoms with van der Waals surface area (Å²) in [6.07, 6.45) is 0. The van der Waals surface area contributed by atoms with Gasteiger partial charge in [0, 0.05) is 24.8 Å². The summed E-state index contributed by atoms with van der Waals surface area (Å²) in [6.45, 7) is 0.592. The molecule has 0 heterocycles. The molecule has 0 atom stereocenters. The van der Waals surface area contributed by atoms with Crippen molar-refractivity contribution in [3.63, 3.8) is 0 Å². The van der Waals surface area contributed by atoms with Crippen molar-refractivity contribution in [2.24, 2.45) is 0 Å². The first kappa shape index (κ1) is 19.8. The summed E-state index contributed by atoms with van der Waals surface area (Å²) in [5.41, 5.74) is 0. The predicted octanol–water partition coefficient (Wildman–Crippen LogP) is 1.59. The van der Waals surface area contributed by atoms with E-state index in [1.807, 2.05) is 0 Å². The monoisotopic (exact) mass is 292 g/mol. The van der Waals surface area contributed by atoms with E-state index < -0.39 is 7.67 Å². The van der Waals surface area contributed by atoms with Gasteiger partial charge in [-0.2, -0.15) is 0 Å². The van der Waals surface area contributed by atoms with Crippen molar-refractivity contribution >= 4 is 55.7 Å². The number of nitrogens with one attached hydrogen (secondary N) is 2. The van der Waals surface area contributed by atoms with Crippen LogP contribution in [0.5, 0.6) is 0 Å². The summed E-state index contributed by atoms with van der Waals surface area (Å²) in [6, 6.07) is 0. The molecule has 0 fully saturated rings. The molecule has 0 amide bonds. The Morgan fingerprint density at radius 1 is 1.08 bits per heavy atom. The maximum atomic E-state index is 10.9. The third-order valence-corrected chi connectivity index (χ3v) is 2.52. The van der Waals surface area contributed by atoms with Gasteiger partial charge in [-0.3, -0.25) is 4.57 Å². The Bertz CT molecular complexity index is 138. The third kappa shape index (κ3) is 13.3. The Morgan fingerprint density at radius 3 is 1.62 bits per heavy atom. The van der Waals surface area contributed by atoms with Crippen LogP contribution < -0.4 is 10.2 Å². The van der Waals surface area contributed by atoms with Crippen molar-refractivity contribution in [1.29, 1.82) is 0 Å². The maximum Gasteiger partial charge on any atom is 0.338 e. The van der Waals surface area contributed by atoms with Crippen LogP contribution in [0.4, 0.5) is 0 Å². The number of hydrogen-bond acceptors (Lipinski definition) is 1. The van der Waals surface area contributed by atoms with Gasteiger partial charge in [0.15, 0.2) is 0 Å². The summed E-state index contributed by atoms with van der Waals surface area (Å²) in [5, 5.41) is 4.71. The van der Waals surface area contributed by atoms with Gasteiger partial charge < -0.3 is 4.89 Å². The van der Waals surface area contributed by atoms with Crippen molar-refractivity contribution in [3.05, 3.63) is 0 Å². The fourth-order valence-corrected chi connectivity index (χ4v) is 1.84. The Kier molecular flexibility index (Phi) is 17.3. The summed E-state index contributed by atoms with van der Waals surface area (Å²) < 4.78 is 10.9. The highest BCUT2D eigenvalue weighted by Gasteiger charge is 2.14. The maximum absolute atomic E-state index is 10.9. The molecule has 0 aliphatic carbocycles. The van der Waals surface area contributed by atoms with Gasteiger partial charge in [0.1, 0.15) is 0 Å². The average molecular weight is 294 g/mol. The molecule has 0 saturated heterocycles. The molecule has 0 radical (unpaired) electrons. The minimum Gasteiger partial charge on any atom is -0.322 e. The van der Waals surface area contributed by atoms with E-state index in [0.29, 0.717) is 24.8 Å². The molecule has 0 rings (SSSR count). The zero-order valence-corrected chi connectivity index (χ0v) is 10.7. The van der Waals surface area contributed by atoms with Crippen molar-refractivity contribution in [2.75, 3.05) is 24.8 Å². The van der Waals surface area contributed by atoms with Crippen molar-refractivity contribution in [2.45, 2.75) is 0 Å². The van der Waals surface area contributed by atoms with Gasteiger partial charge in [-0.15, -0.1) is 48.0 Å². The normalized spacial score (nSPS) is 10.1. The van der Waals surface area contributed by atoms with Crippen LogP contribution in [0, 0.1) is 0 Å². The van der Waals surface area contributed by atoms with E-state index in [9.17, 15) is 4.57 Å². The quantitative estimate of drug-likeness (QED) is 0.514. The lowest BCUT2D eigenvalue weighted by Gasteiger charge is -2.11. The second-order valence-corrected chi connectivity index (χ2v) is 4.31. The van der Waals surface area contributed by atoms with Crippen LogP contribution in [-0.4, -0.2) is 29.7 Å². The Morgan fingerprint density at radius 2 is 1.38 bits per heavy atom. The lowest BCUT2D eigenvalue weighted by molar-refractivity contribution is 0.451. The molecule has 0 aromatic rings. The van der Waals surface area contributed by atoms with E-state index in [2.05, 4.69) is 10.2 Å². The summed E-state index contributed by atoms with van der Waals surface area (Å²) in [4.78, 5) is 8.99. The van der Waals surface area contributed by atoms with Crippen LogP contribution in [-0.2, 0) is 4.57 Å². The fourth-order valence-electron chi connectivity index (χ4n) is 0.444. The molecular weight excluding hydrogens is 281 g/mol. The standard InChI is InChI=1S/C4H11Cl2N2O2P.2ClH/c5-1-3-7-11(9,10)8-4-2-6;;/h1-4H2,(H3,7,8,9,10);2*1H. The van der Waals surface area contributed by atoms with Crippen LogP contribution >= 0.6 is 55.7 Å². The zero-order chi connectivity index (χ0) is 8.74. The van der Waals surface area contributed by atoms with E-state index >= 15 is 0 Å². The number of alkyl halides is 2. The molecule has 0 spiro atoms. The van der Waals surface area contributed by atoms with Crippen molar-refractivity contribution < 1.29 is 9.46 Å². The second kappa shape index (κ2) is 11.3. The van der Waals surface area contributed by atoms with Gasteiger partial charge in [-0.1, -0.05) is 0 Å². The first-order valence-corrected chi connectivity index (χ1v) is 5.80. The topological polar surface area (TPSA) is 61.4 Å². The van der Waals surface area contributed by atoms with Crippen LogP contribution in [0.25, 0.3) is 0 Å². The minimum absolute atomic E-state index is 0. The van der Waals surface area contributed by atoms with Gasteiger partial charge in [0.25, 0.3) is 0 Å². The number of hydrogen-bond donors (Lipinski definition) is 3. The smallest absolute Gasteiger partial charge is 0.322 e. The third-order valence-electron chi connectivity index (χ3n) is 0.841. The Labute approximate surface area is 100 Å². The molecule has 9 heteroatoms. The Balaban J connectivity index is -0.000000500. The van der Waals surface area contributed by atoms with Crippen LogP contribution in [0.2, 0.25) is 0 Å². The first-order chi connectivity index (χ1) is 5.12. The highest BCUT2D eigenvalue weighted by molar-refractivity contribution is 7.53. The average Bonchev–Trinajstić information content (AvgIpc) is 1.97. The van der Waals surface area contributed by atoms with Gasteiger partial charge in [-0.05, 0) is 0 Å². The molecule has 0 aliphatic heterocycles. The molecular formula is C4H13Cl4N2O2P. The summed E-state index contributed by atoms with van der Waals surface area (Å²) >= 11 is 10.6. The highest BCUT2D eigenvalue weighted by Crippen LogP contribution is 2.28. The molecule has 0 unspecified atom stereocenters. The molecule has 0 bridgehead atoms. The van der Waals surface area contributed by atoms with E-state index in [1.54, 1.807) is 0 Å². The lowest BCUT2D eigenvalue weighted by atomic mass is 10.8. The SMILES string of the molecule is Cl.Cl.O=P(O)(NCCCl)NCCCl. The number of rotatable bonds is 6. The van der Waals surface area contributed by atoms with Crippen LogP contribution in [0.1, 0.15) is 0 Å². The summed E-state index contributed by atoms with van der Waals surface area (Å²) in [7, 11) is -3.39. The molecule has 4 nitrogen and oxygen atoms in total. The van der Waals surface area contributed by atoms with Crippen molar-refractivity contribution in [3.8, 4) is 0 Å². The van der Waals surface area contributed by atoms with Gasteiger partial charge in [0.2, 0.25) is 0 Å². The second-order valence-electron chi connectivity index (χ2n) is 1.77. The predicted molar refractivity (Wildman–Crippen MR) is 61.8 cm³/mol. The molecule has 84 valence electrons. The largest absolute Gasteiger partial charge is 0.338 e. The van der Waals surface area contributed by atoms with E-state index in [4.69, 9.17) is 28.1 Å². The van der Waals surface area contributed by atoms with Crippen LogP contribution in [0.3, 0.4) is 0 Å². The molecule has 0 aromatic heterocycles. The zero-order valence-electron chi connectivity index (χ0n) is 6.70. The molecule has 0 aromatic carbocycles. The van der Waals surface area contributed by atoms with Gasteiger partial charge in [-0.25, -0.2) is 10.2 Å². The van der Waals surface area contributed by atoms with Gasteiger partial charge >= 0.3 is 7.67 Å². The van der Waals surface area contributed by atoms with E-state index in [-0.39, 0.29) is 24.8 Å². The van der Waals surface area contributed by atoms with Crippen molar-refractivity contribution in [1.82, 2.24) is 10.2 Å². The number of halogens is 4. The lowest BCUT2D eigenvalue weighted by Crippen LogP contribution is -2.24. The molecule has 0 aliphatic rings. The molecule has 13 heavy (non-hydrogen) atoms. The molecule has 3 N–H and O–H groups in total. The van der Waals surface area contributed by atoms with E-state index in [1.165, 1.54) is 0 Å². The van der Waals surface area contributed by atoms with E-state index in [0.717, 1.165) is 0 Å². The minimum atomic E-state index is -3.39. The highest BCUT2D eigenvalue weighted by atomic mass is 35.5. The van der Waals surface area contributed by atoms with Gasteiger partial charge in [0.05, 0.1) is 0 Å². The first-order valence-electron chi connectivity index (χ1n) is 3.07. The summed E-state index contributed by atoms with van der Waals surface area (Å²) in [5.74, 6) is 0.597. The van der Waals surface area contributed by atoms with Crippen LogP contribution in [0.15, 0.2) is 0 Å².